The van der Waals surface area contributed by atoms with Gasteiger partial charge in [0.2, 0.25) is 5.91 Å². The molecular formula is C15H19NO4. The summed E-state index contributed by atoms with van der Waals surface area (Å²) in [5.74, 6) is 1.44. The molecule has 0 spiro atoms. The Kier molecular flexibility index (Phi) is 3.18. The van der Waals surface area contributed by atoms with Crippen molar-refractivity contribution in [2.75, 3.05) is 33.3 Å². The summed E-state index contributed by atoms with van der Waals surface area (Å²) in [5.41, 5.74) is 2.92. The molecule has 0 aromatic heterocycles. The van der Waals surface area contributed by atoms with Crippen molar-refractivity contribution >= 4 is 11.6 Å². The highest BCUT2D eigenvalue weighted by Gasteiger charge is 2.50. The zero-order chi connectivity index (χ0) is 14.4. The number of hydrogen-bond acceptors (Lipinski definition) is 4. The first-order valence-corrected chi connectivity index (χ1v) is 6.67. The van der Waals surface area contributed by atoms with Crippen LogP contribution in [0.25, 0.3) is 0 Å². The predicted octanol–water partition coefficient (Wildman–Crippen LogP) is 2.07. The van der Waals surface area contributed by atoms with Crippen LogP contribution in [-0.2, 0) is 14.3 Å². The summed E-state index contributed by atoms with van der Waals surface area (Å²) in [6.07, 6.45) is 0.437. The molecule has 1 aromatic rings. The van der Waals surface area contributed by atoms with Crippen molar-refractivity contribution in [2.45, 2.75) is 18.6 Å². The molecule has 1 aromatic carbocycles. The number of carbonyl (C=O) groups excluding carboxylic acids is 1. The number of methoxy groups -OCH3 is 3. The summed E-state index contributed by atoms with van der Waals surface area (Å²) in [6, 6.07) is 3.96. The lowest BCUT2D eigenvalue weighted by molar-refractivity contribution is -0.119. The van der Waals surface area contributed by atoms with Crippen LogP contribution in [-0.4, -0.2) is 34.3 Å². The minimum absolute atomic E-state index is 0.156. The zero-order valence-electron chi connectivity index (χ0n) is 12.2. The lowest BCUT2D eigenvalue weighted by atomic mass is 9.98. The van der Waals surface area contributed by atoms with E-state index in [4.69, 9.17) is 14.2 Å². The molecule has 5 heteroatoms. The van der Waals surface area contributed by atoms with E-state index >= 15 is 0 Å². The first kappa shape index (κ1) is 13.4. The number of amides is 1. The fourth-order valence-corrected chi connectivity index (χ4v) is 3.08. The Morgan fingerprint density at radius 2 is 1.90 bits per heavy atom. The number of ether oxygens (including phenoxy) is 3. The van der Waals surface area contributed by atoms with Gasteiger partial charge in [0, 0.05) is 32.9 Å². The SMILES string of the molecule is COc1cc2c(cc1C(OC)OC)N(C)C(=O)[C@H]1CC21. The third kappa shape index (κ3) is 1.81. The third-order valence-electron chi connectivity index (χ3n) is 4.26. The highest BCUT2D eigenvalue weighted by molar-refractivity contribution is 6.01. The summed E-state index contributed by atoms with van der Waals surface area (Å²) >= 11 is 0. The fraction of sp³-hybridized carbons (Fsp3) is 0.533. The van der Waals surface area contributed by atoms with Gasteiger partial charge in [0.15, 0.2) is 6.29 Å². The van der Waals surface area contributed by atoms with Gasteiger partial charge in [-0.2, -0.15) is 0 Å². The molecule has 2 atom stereocenters. The Labute approximate surface area is 118 Å². The van der Waals surface area contributed by atoms with Crippen LogP contribution in [0.3, 0.4) is 0 Å². The quantitative estimate of drug-likeness (QED) is 0.790. The maximum Gasteiger partial charge on any atom is 0.230 e. The summed E-state index contributed by atoms with van der Waals surface area (Å²) < 4.78 is 16.1. The first-order chi connectivity index (χ1) is 9.62. The number of anilines is 1. The van der Waals surface area contributed by atoms with Crippen LogP contribution in [0.15, 0.2) is 12.1 Å². The van der Waals surface area contributed by atoms with Gasteiger partial charge in [0.1, 0.15) is 5.75 Å². The van der Waals surface area contributed by atoms with Crippen molar-refractivity contribution in [1.29, 1.82) is 0 Å². The lowest BCUT2D eigenvalue weighted by Gasteiger charge is -2.28. The summed E-state index contributed by atoms with van der Waals surface area (Å²) in [5, 5.41) is 0. The van der Waals surface area contributed by atoms with Crippen LogP contribution in [0.1, 0.15) is 29.8 Å². The molecule has 1 saturated carbocycles. The molecule has 0 radical (unpaired) electrons. The van der Waals surface area contributed by atoms with Crippen molar-refractivity contribution in [3.63, 3.8) is 0 Å². The average molecular weight is 277 g/mol. The van der Waals surface area contributed by atoms with E-state index in [0.29, 0.717) is 5.92 Å². The molecule has 108 valence electrons. The molecule has 1 amide bonds. The molecule has 1 aliphatic carbocycles. The molecule has 1 aliphatic heterocycles. The van der Waals surface area contributed by atoms with Crippen LogP contribution >= 0.6 is 0 Å². The van der Waals surface area contributed by atoms with E-state index in [9.17, 15) is 4.79 Å². The van der Waals surface area contributed by atoms with Crippen LogP contribution in [0, 0.1) is 5.92 Å². The Balaban J connectivity index is 2.11. The Hall–Kier alpha value is -1.59. The van der Waals surface area contributed by atoms with Crippen LogP contribution in [0.2, 0.25) is 0 Å². The Morgan fingerprint density at radius 1 is 1.20 bits per heavy atom. The van der Waals surface area contributed by atoms with Gasteiger partial charge >= 0.3 is 0 Å². The summed E-state index contributed by atoms with van der Waals surface area (Å²) in [7, 11) is 6.62. The van der Waals surface area contributed by atoms with Gasteiger partial charge in [-0.15, -0.1) is 0 Å². The van der Waals surface area contributed by atoms with Crippen LogP contribution in [0.4, 0.5) is 5.69 Å². The van der Waals surface area contributed by atoms with Gasteiger partial charge in [-0.1, -0.05) is 0 Å². The molecule has 1 unspecified atom stereocenters. The molecule has 0 N–H and O–H groups in total. The normalized spacial score (nSPS) is 23.6. The van der Waals surface area contributed by atoms with Gasteiger partial charge < -0.3 is 19.1 Å². The molecule has 3 rings (SSSR count). The smallest absolute Gasteiger partial charge is 0.230 e. The van der Waals surface area contributed by atoms with Crippen molar-refractivity contribution < 1.29 is 19.0 Å². The lowest BCUT2D eigenvalue weighted by Crippen LogP contribution is -2.32. The first-order valence-electron chi connectivity index (χ1n) is 6.67. The van der Waals surface area contributed by atoms with Gasteiger partial charge in [-0.05, 0) is 30.0 Å². The van der Waals surface area contributed by atoms with Crippen molar-refractivity contribution in [2.24, 2.45) is 5.92 Å². The molecule has 1 heterocycles. The topological polar surface area (TPSA) is 48.0 Å². The van der Waals surface area contributed by atoms with E-state index in [-0.39, 0.29) is 11.8 Å². The van der Waals surface area contributed by atoms with E-state index in [1.54, 1.807) is 26.2 Å². The number of hydrogen-bond donors (Lipinski definition) is 0. The Morgan fingerprint density at radius 3 is 2.50 bits per heavy atom. The Bertz CT molecular complexity index is 553. The molecule has 2 aliphatic rings. The maximum absolute atomic E-state index is 12.1. The highest BCUT2D eigenvalue weighted by atomic mass is 16.7. The largest absolute Gasteiger partial charge is 0.496 e. The second-order valence-electron chi connectivity index (χ2n) is 5.30. The zero-order valence-corrected chi connectivity index (χ0v) is 12.2. The van der Waals surface area contributed by atoms with Crippen molar-refractivity contribution in [3.05, 3.63) is 23.3 Å². The van der Waals surface area contributed by atoms with Gasteiger partial charge in [0.25, 0.3) is 0 Å². The summed E-state index contributed by atoms with van der Waals surface area (Å²) in [6.45, 7) is 0. The fourth-order valence-electron chi connectivity index (χ4n) is 3.08. The van der Waals surface area contributed by atoms with Gasteiger partial charge in [0.05, 0.1) is 12.7 Å². The number of carbonyl (C=O) groups is 1. The molecule has 5 nitrogen and oxygen atoms in total. The number of rotatable bonds is 4. The highest BCUT2D eigenvalue weighted by Crippen LogP contribution is 2.56. The molecule has 0 saturated heterocycles. The van der Waals surface area contributed by atoms with Gasteiger partial charge in [-0.3, -0.25) is 4.79 Å². The monoisotopic (exact) mass is 277 g/mol. The predicted molar refractivity (Wildman–Crippen MR) is 74.0 cm³/mol. The van der Waals surface area contributed by atoms with Crippen molar-refractivity contribution in [3.8, 4) is 5.75 Å². The van der Waals surface area contributed by atoms with E-state index in [0.717, 1.165) is 23.4 Å². The summed E-state index contributed by atoms with van der Waals surface area (Å²) in [4.78, 5) is 13.9. The molecular weight excluding hydrogens is 258 g/mol. The van der Waals surface area contributed by atoms with E-state index < -0.39 is 6.29 Å². The minimum atomic E-state index is -0.504. The second kappa shape index (κ2) is 4.75. The minimum Gasteiger partial charge on any atom is -0.496 e. The molecule has 20 heavy (non-hydrogen) atoms. The standard InChI is InChI=1S/C15H19NO4/c1-16-12-6-11(15(19-3)20-4)13(18-2)7-9(12)8-5-10(8)14(16)17/h6-8,10,15H,5H2,1-4H3/t8?,10-/m0/s1. The number of fused-ring (bicyclic) bond motifs is 3. The van der Waals surface area contributed by atoms with Crippen molar-refractivity contribution in [1.82, 2.24) is 0 Å². The number of nitrogens with zero attached hydrogens (tertiary/aromatic N) is 1. The molecule has 1 fully saturated rings. The second-order valence-corrected chi connectivity index (χ2v) is 5.30. The maximum atomic E-state index is 12.1. The van der Waals surface area contributed by atoms with Crippen LogP contribution < -0.4 is 9.64 Å². The number of benzene rings is 1. The van der Waals surface area contributed by atoms with E-state index in [1.807, 2.05) is 19.2 Å². The van der Waals surface area contributed by atoms with Crippen LogP contribution in [0.5, 0.6) is 5.75 Å². The van der Waals surface area contributed by atoms with Gasteiger partial charge in [-0.25, -0.2) is 0 Å². The van der Waals surface area contributed by atoms with E-state index in [1.165, 1.54) is 5.56 Å². The van der Waals surface area contributed by atoms with E-state index in [2.05, 4.69) is 0 Å². The third-order valence-corrected chi connectivity index (χ3v) is 4.26. The molecule has 0 bridgehead atoms. The average Bonchev–Trinajstić information content (AvgIpc) is 3.26.